The number of nitrogens with one attached hydrogen (secondary N) is 1. The highest BCUT2D eigenvalue weighted by Crippen LogP contribution is 2.21. The van der Waals surface area contributed by atoms with Crippen LogP contribution in [-0.4, -0.2) is 12.5 Å². The number of nitrogens with zero attached hydrogens (tertiary/aromatic N) is 1. The first-order chi connectivity index (χ1) is 11.4. The van der Waals surface area contributed by atoms with Gasteiger partial charge in [0.2, 0.25) is 5.91 Å². The van der Waals surface area contributed by atoms with E-state index in [0.717, 1.165) is 12.1 Å². The van der Waals surface area contributed by atoms with Gasteiger partial charge in [-0.15, -0.1) is 0 Å². The quantitative estimate of drug-likeness (QED) is 0.853. The molecule has 2 aromatic rings. The van der Waals surface area contributed by atoms with Crippen molar-refractivity contribution in [2.75, 3.05) is 11.9 Å². The molecule has 2 aromatic carbocycles. The van der Waals surface area contributed by atoms with E-state index in [1.165, 1.54) is 24.3 Å². The number of halogens is 3. The monoisotopic (exact) mass is 333 g/mol. The molecule has 0 saturated carbocycles. The highest BCUT2D eigenvalue weighted by Gasteiger charge is 2.18. The van der Waals surface area contributed by atoms with Crippen molar-refractivity contribution in [2.45, 2.75) is 6.42 Å². The number of carbonyl (C=O) groups is 1. The summed E-state index contributed by atoms with van der Waals surface area (Å²) >= 11 is 0. The van der Waals surface area contributed by atoms with Crippen molar-refractivity contribution in [1.29, 1.82) is 5.26 Å². The maximum Gasteiger partial charge on any atom is 0.222 e. The summed E-state index contributed by atoms with van der Waals surface area (Å²) in [6.45, 7) is -0.105. The molecule has 4 nitrogen and oxygen atoms in total. The van der Waals surface area contributed by atoms with Crippen LogP contribution in [0.25, 0.3) is 0 Å². The molecule has 0 aliphatic rings. The lowest BCUT2D eigenvalue weighted by Crippen LogP contribution is -2.31. The van der Waals surface area contributed by atoms with Gasteiger partial charge in [-0.3, -0.25) is 4.79 Å². The van der Waals surface area contributed by atoms with Crippen LogP contribution < -0.4 is 11.1 Å². The Hall–Kier alpha value is -3.01. The highest BCUT2D eigenvalue weighted by atomic mass is 19.1. The molecule has 0 saturated heterocycles. The first kappa shape index (κ1) is 17.3. The van der Waals surface area contributed by atoms with E-state index < -0.39 is 35.0 Å². The van der Waals surface area contributed by atoms with E-state index >= 15 is 0 Å². The Balaban J connectivity index is 2.11. The third-order valence-electron chi connectivity index (χ3n) is 3.49. The SMILES string of the molecule is N#Cc1cc(F)c(NCC(Cc2ccc(F)cc2)C(N)=O)c(F)c1. The molecule has 0 spiro atoms. The van der Waals surface area contributed by atoms with Gasteiger partial charge in [0.25, 0.3) is 0 Å². The Morgan fingerprint density at radius 3 is 2.25 bits per heavy atom. The largest absolute Gasteiger partial charge is 0.379 e. The zero-order valence-corrected chi connectivity index (χ0v) is 12.5. The zero-order valence-electron chi connectivity index (χ0n) is 12.5. The molecule has 1 unspecified atom stereocenters. The summed E-state index contributed by atoms with van der Waals surface area (Å²) in [7, 11) is 0. The third-order valence-corrected chi connectivity index (χ3v) is 3.49. The predicted molar refractivity (Wildman–Crippen MR) is 82.4 cm³/mol. The number of benzene rings is 2. The van der Waals surface area contributed by atoms with E-state index in [-0.39, 0.29) is 18.5 Å². The molecular formula is C17H14F3N3O. The van der Waals surface area contributed by atoms with Crippen molar-refractivity contribution >= 4 is 11.6 Å². The van der Waals surface area contributed by atoms with Crippen LogP contribution in [0.15, 0.2) is 36.4 Å². The van der Waals surface area contributed by atoms with E-state index in [0.29, 0.717) is 5.56 Å². The van der Waals surface area contributed by atoms with Gasteiger partial charge in [-0.05, 0) is 36.2 Å². The van der Waals surface area contributed by atoms with Crippen molar-refractivity contribution in [2.24, 2.45) is 11.7 Å². The molecule has 0 fully saturated rings. The van der Waals surface area contributed by atoms with Gasteiger partial charge < -0.3 is 11.1 Å². The molecule has 1 atom stereocenters. The van der Waals surface area contributed by atoms with Crippen LogP contribution in [0.1, 0.15) is 11.1 Å². The predicted octanol–water partition coefficient (Wildman–Crippen LogP) is 2.73. The fourth-order valence-electron chi connectivity index (χ4n) is 2.21. The maximum atomic E-state index is 13.8. The van der Waals surface area contributed by atoms with Crippen molar-refractivity contribution < 1.29 is 18.0 Å². The van der Waals surface area contributed by atoms with Crippen LogP contribution >= 0.6 is 0 Å². The first-order valence-corrected chi connectivity index (χ1v) is 7.07. The molecule has 1 amide bonds. The maximum absolute atomic E-state index is 13.8. The summed E-state index contributed by atoms with van der Waals surface area (Å²) in [5.74, 6) is -3.67. The lowest BCUT2D eigenvalue weighted by atomic mass is 9.98. The molecule has 0 aromatic heterocycles. The number of carbonyl (C=O) groups excluding carboxylic acids is 1. The van der Waals surface area contributed by atoms with E-state index in [4.69, 9.17) is 11.0 Å². The normalized spacial score (nSPS) is 11.6. The second kappa shape index (κ2) is 7.51. The summed E-state index contributed by atoms with van der Waals surface area (Å²) in [5.41, 5.74) is 5.41. The number of primary amides is 1. The Morgan fingerprint density at radius 1 is 1.17 bits per heavy atom. The first-order valence-electron chi connectivity index (χ1n) is 7.07. The van der Waals surface area contributed by atoms with Crippen LogP contribution in [0.2, 0.25) is 0 Å². The van der Waals surface area contributed by atoms with E-state index in [2.05, 4.69) is 5.32 Å². The van der Waals surface area contributed by atoms with Crippen LogP contribution in [0, 0.1) is 34.7 Å². The number of nitrogens with two attached hydrogens (primary N) is 1. The summed E-state index contributed by atoms with van der Waals surface area (Å²) in [4.78, 5) is 11.5. The minimum atomic E-state index is -0.934. The van der Waals surface area contributed by atoms with Crippen molar-refractivity contribution in [1.82, 2.24) is 0 Å². The van der Waals surface area contributed by atoms with Crippen LogP contribution in [0.3, 0.4) is 0 Å². The molecule has 0 heterocycles. The van der Waals surface area contributed by atoms with Gasteiger partial charge in [0.15, 0.2) is 11.6 Å². The van der Waals surface area contributed by atoms with Crippen molar-refractivity contribution in [3.8, 4) is 6.07 Å². The summed E-state index contributed by atoms with van der Waals surface area (Å²) < 4.78 is 40.5. The molecule has 0 bridgehead atoms. The number of rotatable bonds is 6. The number of anilines is 1. The fraction of sp³-hybridized carbons (Fsp3) is 0.176. The van der Waals surface area contributed by atoms with Gasteiger partial charge in [0.05, 0.1) is 17.6 Å². The van der Waals surface area contributed by atoms with Crippen LogP contribution in [-0.2, 0) is 11.2 Å². The molecular weight excluding hydrogens is 319 g/mol. The average molecular weight is 333 g/mol. The lowest BCUT2D eigenvalue weighted by molar-refractivity contribution is -0.121. The lowest BCUT2D eigenvalue weighted by Gasteiger charge is -2.16. The van der Waals surface area contributed by atoms with Gasteiger partial charge in [-0.25, -0.2) is 13.2 Å². The van der Waals surface area contributed by atoms with Crippen LogP contribution in [0.4, 0.5) is 18.9 Å². The second-order valence-electron chi connectivity index (χ2n) is 5.24. The third kappa shape index (κ3) is 4.26. The zero-order chi connectivity index (χ0) is 17.7. The minimum absolute atomic E-state index is 0.105. The van der Waals surface area contributed by atoms with Gasteiger partial charge in [-0.2, -0.15) is 5.26 Å². The number of hydrogen-bond acceptors (Lipinski definition) is 3. The van der Waals surface area contributed by atoms with E-state index in [1.54, 1.807) is 6.07 Å². The van der Waals surface area contributed by atoms with Gasteiger partial charge in [0, 0.05) is 6.54 Å². The molecule has 124 valence electrons. The van der Waals surface area contributed by atoms with E-state index in [9.17, 15) is 18.0 Å². The molecule has 0 aliphatic heterocycles. The minimum Gasteiger partial charge on any atom is -0.379 e. The molecule has 7 heteroatoms. The van der Waals surface area contributed by atoms with Crippen LogP contribution in [0.5, 0.6) is 0 Å². The Bertz CT molecular complexity index is 762. The van der Waals surface area contributed by atoms with Gasteiger partial charge in [0.1, 0.15) is 11.5 Å². The summed E-state index contributed by atoms with van der Waals surface area (Å²) in [6.07, 6.45) is 0.197. The summed E-state index contributed by atoms with van der Waals surface area (Å²) in [5, 5.41) is 11.2. The average Bonchev–Trinajstić information content (AvgIpc) is 2.54. The smallest absolute Gasteiger partial charge is 0.222 e. The molecule has 3 N–H and O–H groups in total. The number of nitriles is 1. The Labute approximate surface area is 136 Å². The van der Waals surface area contributed by atoms with Crippen molar-refractivity contribution in [3.05, 3.63) is 65.0 Å². The summed E-state index contributed by atoms with van der Waals surface area (Å²) in [6, 6.07) is 8.95. The molecule has 2 rings (SSSR count). The standard InChI is InChI=1S/C17H14F3N3O/c18-13-3-1-10(2-4-13)5-12(17(22)24)9-23-16-14(19)6-11(8-21)7-15(16)20/h1-4,6-7,12,23H,5,9H2,(H2,22,24). The molecule has 0 radical (unpaired) electrons. The highest BCUT2D eigenvalue weighted by molar-refractivity contribution is 5.77. The van der Waals surface area contributed by atoms with E-state index in [1.807, 2.05) is 0 Å². The second-order valence-corrected chi connectivity index (χ2v) is 5.24. The topological polar surface area (TPSA) is 78.9 Å². The number of hydrogen-bond donors (Lipinski definition) is 2. The fourth-order valence-corrected chi connectivity index (χ4v) is 2.21. The molecule has 0 aliphatic carbocycles. The van der Waals surface area contributed by atoms with Crippen molar-refractivity contribution in [3.63, 3.8) is 0 Å². The van der Waals surface area contributed by atoms with Gasteiger partial charge in [-0.1, -0.05) is 12.1 Å². The number of amides is 1. The molecule has 24 heavy (non-hydrogen) atoms. The Kier molecular flexibility index (Phi) is 5.42. The Morgan fingerprint density at radius 2 is 1.75 bits per heavy atom. The van der Waals surface area contributed by atoms with Gasteiger partial charge >= 0.3 is 0 Å².